The summed E-state index contributed by atoms with van der Waals surface area (Å²) in [6.45, 7) is 4.35. The molecule has 1 aliphatic rings. The number of carbonyl (C=O) groups is 2. The van der Waals surface area contributed by atoms with Gasteiger partial charge >= 0.3 is 6.03 Å². The highest BCUT2D eigenvalue weighted by Crippen LogP contribution is 2.19. The van der Waals surface area contributed by atoms with Crippen molar-refractivity contribution in [2.45, 2.75) is 38.9 Å². The molecule has 0 saturated carbocycles. The van der Waals surface area contributed by atoms with Crippen molar-refractivity contribution in [3.8, 4) is 0 Å². The molecule has 2 aromatic heterocycles. The molecule has 0 spiro atoms. The summed E-state index contributed by atoms with van der Waals surface area (Å²) in [5.74, 6) is 0.710. The molecule has 0 unspecified atom stereocenters. The number of urea groups is 1. The number of hydrogen-bond donors (Lipinski definition) is 2. The van der Waals surface area contributed by atoms with Crippen LogP contribution in [0.1, 0.15) is 23.5 Å². The largest absolute Gasteiger partial charge is 0.334 e. The fourth-order valence-corrected chi connectivity index (χ4v) is 3.75. The number of nitrogens with one attached hydrogen (secondary N) is 2. The molecule has 3 amide bonds. The van der Waals surface area contributed by atoms with E-state index in [2.05, 4.69) is 25.1 Å². The predicted octanol–water partition coefficient (Wildman–Crippen LogP) is 1.74. The SMILES string of the molecule is Cc1nccn1C[C@H]1CCCN1CC(=O)NC(=O)NCc1cccs1. The maximum atomic E-state index is 12.2. The molecule has 0 radical (unpaired) electrons. The zero-order chi connectivity index (χ0) is 17.6. The quantitative estimate of drug-likeness (QED) is 0.821. The highest BCUT2D eigenvalue weighted by atomic mass is 32.1. The minimum atomic E-state index is -0.445. The van der Waals surface area contributed by atoms with E-state index in [0.29, 0.717) is 12.6 Å². The van der Waals surface area contributed by atoms with E-state index in [0.717, 1.165) is 36.6 Å². The van der Waals surface area contributed by atoms with Crippen molar-refractivity contribution in [3.05, 3.63) is 40.6 Å². The first-order chi connectivity index (χ1) is 12.1. The second-order valence-corrected chi connectivity index (χ2v) is 7.24. The molecule has 25 heavy (non-hydrogen) atoms. The van der Waals surface area contributed by atoms with Crippen LogP contribution in [0.25, 0.3) is 0 Å². The van der Waals surface area contributed by atoms with Gasteiger partial charge in [0.25, 0.3) is 0 Å². The number of imidazole rings is 1. The highest BCUT2D eigenvalue weighted by molar-refractivity contribution is 7.09. The number of aryl methyl sites for hydroxylation is 1. The number of thiophene rings is 1. The summed E-state index contributed by atoms with van der Waals surface area (Å²) in [5, 5.41) is 7.07. The van der Waals surface area contributed by atoms with Crippen molar-refractivity contribution >= 4 is 23.3 Å². The summed E-state index contributed by atoms with van der Waals surface area (Å²) in [6, 6.07) is 3.73. The van der Waals surface area contributed by atoms with Gasteiger partial charge in [-0.25, -0.2) is 9.78 Å². The lowest BCUT2D eigenvalue weighted by atomic mass is 10.2. The Morgan fingerprint density at radius 3 is 3.04 bits per heavy atom. The maximum absolute atomic E-state index is 12.2. The molecule has 1 atom stereocenters. The van der Waals surface area contributed by atoms with Crippen LogP contribution in [0, 0.1) is 6.92 Å². The number of nitrogens with zero attached hydrogens (tertiary/aromatic N) is 3. The van der Waals surface area contributed by atoms with Gasteiger partial charge < -0.3 is 9.88 Å². The molecule has 2 N–H and O–H groups in total. The van der Waals surface area contributed by atoms with Gasteiger partial charge in [-0.15, -0.1) is 11.3 Å². The molecule has 7 nitrogen and oxygen atoms in total. The Hall–Kier alpha value is -2.19. The minimum Gasteiger partial charge on any atom is -0.334 e. The van der Waals surface area contributed by atoms with Crippen molar-refractivity contribution in [2.24, 2.45) is 0 Å². The Morgan fingerprint density at radius 2 is 2.32 bits per heavy atom. The van der Waals surface area contributed by atoms with Crippen LogP contribution >= 0.6 is 11.3 Å². The lowest BCUT2D eigenvalue weighted by Crippen LogP contribution is -2.46. The van der Waals surface area contributed by atoms with E-state index in [-0.39, 0.29) is 12.5 Å². The van der Waals surface area contributed by atoms with E-state index < -0.39 is 6.03 Å². The highest BCUT2D eigenvalue weighted by Gasteiger charge is 2.27. The van der Waals surface area contributed by atoms with Gasteiger partial charge in [-0.1, -0.05) is 6.07 Å². The molecular weight excluding hydrogens is 338 g/mol. The Morgan fingerprint density at radius 1 is 1.44 bits per heavy atom. The third kappa shape index (κ3) is 4.90. The summed E-state index contributed by atoms with van der Waals surface area (Å²) in [5.41, 5.74) is 0. The van der Waals surface area contributed by atoms with Crippen molar-refractivity contribution in [3.63, 3.8) is 0 Å². The number of carbonyl (C=O) groups excluding carboxylic acids is 2. The van der Waals surface area contributed by atoms with Gasteiger partial charge in [0, 0.05) is 29.9 Å². The number of rotatable bonds is 6. The van der Waals surface area contributed by atoms with E-state index >= 15 is 0 Å². The lowest BCUT2D eigenvalue weighted by molar-refractivity contribution is -0.121. The monoisotopic (exact) mass is 361 g/mol. The summed E-state index contributed by atoms with van der Waals surface area (Å²) >= 11 is 1.57. The third-order valence-corrected chi connectivity index (χ3v) is 5.31. The maximum Gasteiger partial charge on any atom is 0.321 e. The van der Waals surface area contributed by atoms with Crippen molar-refractivity contribution in [1.29, 1.82) is 0 Å². The van der Waals surface area contributed by atoms with Gasteiger partial charge in [-0.2, -0.15) is 0 Å². The van der Waals surface area contributed by atoms with Crippen LogP contribution in [0.4, 0.5) is 4.79 Å². The average molecular weight is 361 g/mol. The van der Waals surface area contributed by atoms with Crippen LogP contribution in [0.15, 0.2) is 29.9 Å². The van der Waals surface area contributed by atoms with Gasteiger partial charge in [0.2, 0.25) is 5.91 Å². The molecule has 0 bridgehead atoms. The fraction of sp³-hybridized carbons (Fsp3) is 0.471. The average Bonchev–Trinajstić information content (AvgIpc) is 3.30. The van der Waals surface area contributed by atoms with Gasteiger partial charge in [-0.05, 0) is 37.8 Å². The molecule has 1 aliphatic heterocycles. The van der Waals surface area contributed by atoms with Gasteiger partial charge in [0.1, 0.15) is 5.82 Å². The summed E-state index contributed by atoms with van der Waals surface area (Å²) in [4.78, 5) is 31.4. The van der Waals surface area contributed by atoms with Crippen LogP contribution in [-0.4, -0.2) is 45.5 Å². The zero-order valence-corrected chi connectivity index (χ0v) is 15.1. The first kappa shape index (κ1) is 17.6. The zero-order valence-electron chi connectivity index (χ0n) is 14.3. The fourth-order valence-electron chi connectivity index (χ4n) is 3.11. The number of amides is 3. The van der Waals surface area contributed by atoms with Crippen LogP contribution in [0.2, 0.25) is 0 Å². The number of hydrogen-bond acceptors (Lipinski definition) is 5. The number of aromatic nitrogens is 2. The number of likely N-dealkylation sites (tertiary alicyclic amines) is 1. The van der Waals surface area contributed by atoms with E-state index in [1.807, 2.05) is 30.6 Å². The molecule has 134 valence electrons. The van der Waals surface area contributed by atoms with Crippen LogP contribution in [-0.2, 0) is 17.9 Å². The lowest BCUT2D eigenvalue weighted by Gasteiger charge is -2.24. The summed E-state index contributed by atoms with van der Waals surface area (Å²) in [7, 11) is 0. The molecule has 3 rings (SSSR count). The molecule has 3 heterocycles. The molecule has 0 aliphatic carbocycles. The van der Waals surface area contributed by atoms with E-state index in [4.69, 9.17) is 0 Å². The van der Waals surface area contributed by atoms with E-state index in [1.165, 1.54) is 0 Å². The molecule has 8 heteroatoms. The van der Waals surface area contributed by atoms with Crippen LogP contribution in [0.5, 0.6) is 0 Å². The standard InChI is InChI=1S/C17H23N5O2S/c1-13-18-6-8-21(13)11-14-4-2-7-22(14)12-16(23)20-17(24)19-10-15-5-3-9-25-15/h3,5-6,8-9,14H,2,4,7,10-12H2,1H3,(H2,19,20,23,24)/t14-/m1/s1. The van der Waals surface area contributed by atoms with Crippen LogP contribution in [0.3, 0.4) is 0 Å². The second-order valence-electron chi connectivity index (χ2n) is 6.20. The molecule has 1 fully saturated rings. The normalized spacial score (nSPS) is 17.6. The molecule has 2 aromatic rings. The van der Waals surface area contributed by atoms with Crippen LogP contribution < -0.4 is 10.6 Å². The minimum absolute atomic E-state index is 0.241. The first-order valence-corrected chi connectivity index (χ1v) is 9.31. The van der Waals surface area contributed by atoms with Crippen molar-refractivity contribution < 1.29 is 9.59 Å². The Labute approximate surface area is 151 Å². The Bertz CT molecular complexity index is 712. The molecule has 0 aromatic carbocycles. The van der Waals surface area contributed by atoms with Gasteiger partial charge in [0.05, 0.1) is 13.1 Å². The third-order valence-electron chi connectivity index (χ3n) is 4.43. The Balaban J connectivity index is 1.44. The van der Waals surface area contributed by atoms with E-state index in [1.54, 1.807) is 17.5 Å². The van der Waals surface area contributed by atoms with Crippen molar-refractivity contribution in [1.82, 2.24) is 25.1 Å². The second kappa shape index (κ2) is 8.26. The topological polar surface area (TPSA) is 79.3 Å². The van der Waals surface area contributed by atoms with Crippen molar-refractivity contribution in [2.75, 3.05) is 13.1 Å². The summed E-state index contributed by atoms with van der Waals surface area (Å²) < 4.78 is 2.11. The smallest absolute Gasteiger partial charge is 0.321 e. The summed E-state index contributed by atoms with van der Waals surface area (Å²) in [6.07, 6.45) is 5.87. The molecular formula is C17H23N5O2S. The molecule has 1 saturated heterocycles. The first-order valence-electron chi connectivity index (χ1n) is 8.43. The Kier molecular flexibility index (Phi) is 5.83. The predicted molar refractivity (Wildman–Crippen MR) is 96.3 cm³/mol. The van der Waals surface area contributed by atoms with Gasteiger partial charge in [-0.3, -0.25) is 15.0 Å². The van der Waals surface area contributed by atoms with E-state index in [9.17, 15) is 9.59 Å². The number of imide groups is 1. The van der Waals surface area contributed by atoms with Gasteiger partial charge in [0.15, 0.2) is 0 Å².